The van der Waals surface area contributed by atoms with Crippen molar-refractivity contribution < 1.29 is 47.4 Å². The Hall–Kier alpha value is -8.62. The summed E-state index contributed by atoms with van der Waals surface area (Å²) in [6, 6.07) is 29.8. The van der Waals surface area contributed by atoms with E-state index in [0.717, 1.165) is 30.4 Å². The maximum absolute atomic E-state index is 13.8. The first-order valence-electron chi connectivity index (χ1n) is 29.8. The molecule has 0 aliphatic carbocycles. The summed E-state index contributed by atoms with van der Waals surface area (Å²) in [5, 5.41) is 23.1. The number of fused-ring (bicyclic) bond motifs is 3. The summed E-state index contributed by atoms with van der Waals surface area (Å²) in [5.74, 6) is -3.77. The number of carboxylic acid groups (broad SMARTS) is 1. The first-order chi connectivity index (χ1) is 46.4. The van der Waals surface area contributed by atoms with Crippen LogP contribution in [0.3, 0.4) is 0 Å². The number of nitrogens with two attached hydrogens (primary N) is 3. The van der Waals surface area contributed by atoms with Gasteiger partial charge in [-0.05, 0) is 172 Å². The lowest BCUT2D eigenvalue weighted by Crippen LogP contribution is -2.60. The predicted molar refractivity (Wildman–Crippen MR) is 391 cm³/mol. The van der Waals surface area contributed by atoms with E-state index in [0.29, 0.717) is 57.7 Å². The van der Waals surface area contributed by atoms with Gasteiger partial charge < -0.3 is 53.2 Å². The number of rotatable bonds is 15. The van der Waals surface area contributed by atoms with Crippen LogP contribution in [0, 0.1) is 0 Å². The highest BCUT2D eigenvalue weighted by molar-refractivity contribution is 9.11. The minimum atomic E-state index is -1.44. The van der Waals surface area contributed by atoms with Crippen molar-refractivity contribution in [2.75, 3.05) is 43.4 Å². The van der Waals surface area contributed by atoms with Gasteiger partial charge in [0.25, 0.3) is 34.4 Å². The van der Waals surface area contributed by atoms with Gasteiger partial charge in [0.2, 0.25) is 5.91 Å². The number of carbonyl (C=O) groups is 6. The van der Waals surface area contributed by atoms with Crippen molar-refractivity contribution >= 4 is 181 Å². The fourth-order valence-electron chi connectivity index (χ4n) is 9.70. The molecule has 2 aliphatic rings. The van der Waals surface area contributed by atoms with E-state index in [-0.39, 0.29) is 96.2 Å². The summed E-state index contributed by atoms with van der Waals surface area (Å²) in [5.41, 5.74) is 14.7. The summed E-state index contributed by atoms with van der Waals surface area (Å²) in [6.07, 6.45) is 0. The van der Waals surface area contributed by atoms with Crippen LogP contribution >= 0.6 is 95.0 Å². The van der Waals surface area contributed by atoms with E-state index in [1.807, 2.05) is 0 Å². The molecule has 11 N–H and O–H groups in total. The number of nitrogens with one attached hydrogen (secondary N) is 4. The molecule has 0 bridgehead atoms. The number of amides is 4. The Bertz CT molecular complexity index is 4820. The van der Waals surface area contributed by atoms with Crippen molar-refractivity contribution in [3.63, 3.8) is 0 Å². The molecule has 4 amide bonds. The molecule has 6 aromatic heterocycles. The van der Waals surface area contributed by atoms with Crippen molar-refractivity contribution in [3.05, 3.63) is 202 Å². The number of aliphatic carboxylic acids is 1. The van der Waals surface area contributed by atoms with Gasteiger partial charge in [0, 0.05) is 64.0 Å². The average molecular weight is 1650 g/mol. The van der Waals surface area contributed by atoms with Crippen LogP contribution in [0.15, 0.2) is 137 Å². The molecule has 0 saturated carbocycles. The minimum absolute atomic E-state index is 0. The van der Waals surface area contributed by atoms with Crippen molar-refractivity contribution in [3.8, 4) is 0 Å². The van der Waals surface area contributed by atoms with Crippen LogP contribution in [-0.2, 0) is 58.4 Å². The highest BCUT2D eigenvalue weighted by Gasteiger charge is 2.42. The number of benzene rings is 3. The lowest BCUT2D eigenvalue weighted by Gasteiger charge is -2.42. The Kier molecular flexibility index (Phi) is 26.2. The van der Waals surface area contributed by atoms with Gasteiger partial charge in [-0.2, -0.15) is 0 Å². The maximum atomic E-state index is 13.8. The number of carboxylic acids is 1. The number of hydrogen-bond acceptors (Lipinski definition) is 17. The van der Waals surface area contributed by atoms with Gasteiger partial charge in [-0.25, -0.2) is 23.7 Å². The number of halogens is 9. The standard InChI is InChI=1S/C22H20BrClFN5O3.C22H22BrClN4O4.C18H14BrClN4O4.C4H8FN.ClH/c1-22(25)10-29(11-22)17(31)9-30-19-13(7-16(23)18(26)28-19)6-15(21(30)33)20(32)27-8-12-2-4-14(24)5-3-12;1-22(2,3)32-17(29)11-28-19-13(9-16(23)18(25)27-19)8-15(21(28)31)20(30)26-10-12-4-6-14(24)7-5-12;19-13-6-10-5-12(17(27)22-7-9-1-3-11(20)4-2-9)18(28)24(8-14(25)26)16(10)23-15(13)21;1-4(5)2-6-3-4;/h2-7H,8-11H2,1H3,(H2,26,28)(H,27,32);4-9H,10-11H2,1-3H3,(H2,25,27)(H,26,30);1-6H,7-8H2,(H2,21,23)(H,22,27)(H,25,26);6H,2-3H2,1H3;1H. The number of aromatic nitrogens is 6. The summed E-state index contributed by atoms with van der Waals surface area (Å²) in [6.45, 7) is 8.23. The number of pyridine rings is 6. The maximum Gasteiger partial charge on any atom is 0.326 e. The SMILES string of the molecule is CC(C)(C)OC(=O)Cn1c(=O)c(C(=O)NCc2ccc(Cl)cc2)cc2cc(Br)c(N)nc21.CC1(F)CN(C(=O)Cn2c(=O)c(C(=O)NCc3ccc(Cl)cc3)cc3cc(Br)c(N)nc32)C1.CC1(F)CNC1.Cl.Nc1nc2c(cc1Br)cc(C(=O)NCc1ccc(Cl)cc1)c(=O)n2CC(=O)O. The fourth-order valence-corrected chi connectivity index (χ4v) is 11.1. The van der Waals surface area contributed by atoms with Crippen LogP contribution in [-0.4, -0.2) is 117 Å². The molecule has 9 aromatic rings. The first kappa shape index (κ1) is 78.7. The highest BCUT2D eigenvalue weighted by Crippen LogP contribution is 2.29. The van der Waals surface area contributed by atoms with Crippen LogP contribution in [0.1, 0.15) is 82.4 Å². The molecule has 0 radical (unpaired) electrons. The van der Waals surface area contributed by atoms with E-state index < -0.39 is 88.8 Å². The van der Waals surface area contributed by atoms with Crippen LogP contribution in [0.4, 0.5) is 26.2 Å². The molecule has 2 saturated heterocycles. The molecule has 3 aromatic carbocycles. The molecule has 2 fully saturated rings. The second-order valence-corrected chi connectivity index (χ2v) is 28.1. The van der Waals surface area contributed by atoms with Gasteiger partial charge in [0.1, 0.15) is 87.7 Å². The highest BCUT2D eigenvalue weighted by atomic mass is 79.9. The van der Waals surface area contributed by atoms with Crippen LogP contribution in [0.2, 0.25) is 15.1 Å². The number of alkyl halides is 2. The second kappa shape index (κ2) is 33.2. The third-order valence-electron chi connectivity index (χ3n) is 14.6. The topological polar surface area (TPSA) is 366 Å². The quantitative estimate of drug-likeness (QED) is 0.0442. The van der Waals surface area contributed by atoms with Crippen LogP contribution in [0.5, 0.6) is 0 Å². The number of hydrogen-bond donors (Lipinski definition) is 8. The second-order valence-electron chi connectivity index (χ2n) is 24.2. The fraction of sp³-hybridized carbons (Fsp3) is 0.273. The Morgan fingerprint density at radius 2 is 0.850 bits per heavy atom. The van der Waals surface area contributed by atoms with Gasteiger partial charge >= 0.3 is 11.9 Å². The van der Waals surface area contributed by atoms with Crippen LogP contribution < -0.4 is 55.1 Å². The van der Waals surface area contributed by atoms with Crippen molar-refractivity contribution in [2.24, 2.45) is 0 Å². The number of esters is 1. The summed E-state index contributed by atoms with van der Waals surface area (Å²) in [7, 11) is 0. The number of nitrogen functional groups attached to an aromatic ring is 3. The molecule has 2 aliphatic heterocycles. The number of likely N-dealkylation sites (tertiary alicyclic amines) is 1. The third kappa shape index (κ3) is 20.8. The molecule has 11 rings (SSSR count). The van der Waals surface area contributed by atoms with Gasteiger partial charge in [-0.1, -0.05) is 71.2 Å². The predicted octanol–water partition coefficient (Wildman–Crippen LogP) is 9.71. The Balaban J connectivity index is 0.000000201. The van der Waals surface area contributed by atoms with Crippen molar-refractivity contribution in [1.82, 2.24) is 54.8 Å². The molecule has 25 nitrogen and oxygen atoms in total. The van der Waals surface area contributed by atoms with E-state index in [1.165, 1.54) is 30.0 Å². The smallest absolute Gasteiger partial charge is 0.326 e. The van der Waals surface area contributed by atoms with E-state index in [2.05, 4.69) is 84.0 Å². The Labute approximate surface area is 615 Å². The Morgan fingerprint density at radius 1 is 0.550 bits per heavy atom. The lowest BCUT2D eigenvalue weighted by atomic mass is 9.99. The van der Waals surface area contributed by atoms with Crippen molar-refractivity contribution in [2.45, 2.75) is 90.8 Å². The monoisotopic (exact) mass is 1640 g/mol. The first-order valence-corrected chi connectivity index (χ1v) is 33.3. The molecular weight excluding hydrogens is 1580 g/mol. The Morgan fingerprint density at radius 3 is 1.12 bits per heavy atom. The summed E-state index contributed by atoms with van der Waals surface area (Å²) < 4.78 is 35.9. The molecule has 0 unspecified atom stereocenters. The number of ether oxygens (including phenoxy) is 1. The van der Waals surface area contributed by atoms with E-state index in [4.69, 9.17) is 61.8 Å². The zero-order valence-corrected chi connectivity index (χ0v) is 61.6. The molecule has 34 heteroatoms. The largest absolute Gasteiger partial charge is 0.480 e. The van der Waals surface area contributed by atoms with Gasteiger partial charge in [0.05, 0.1) is 26.5 Å². The third-order valence-corrected chi connectivity index (χ3v) is 17.3. The number of carbonyl (C=O) groups excluding carboxylic acids is 5. The van der Waals surface area contributed by atoms with E-state index in [1.54, 1.807) is 119 Å². The molecule has 0 spiro atoms. The molecule has 528 valence electrons. The molecule has 0 atom stereocenters. The summed E-state index contributed by atoms with van der Waals surface area (Å²) in [4.78, 5) is 128. The molecule has 8 heterocycles. The summed E-state index contributed by atoms with van der Waals surface area (Å²) >= 11 is 27.4. The van der Waals surface area contributed by atoms with E-state index in [9.17, 15) is 51.9 Å². The minimum Gasteiger partial charge on any atom is -0.480 e. The zero-order valence-electron chi connectivity index (χ0n) is 53.8. The average Bonchev–Trinajstić information content (AvgIpc) is 0.779. The number of anilines is 3. The molecule has 100 heavy (non-hydrogen) atoms. The van der Waals surface area contributed by atoms with Gasteiger partial charge in [-0.15, -0.1) is 12.4 Å². The molecular formula is C66H65Br3Cl4F2N14O11. The van der Waals surface area contributed by atoms with E-state index >= 15 is 0 Å². The van der Waals surface area contributed by atoms with Crippen molar-refractivity contribution in [1.29, 1.82) is 0 Å². The normalized spacial score (nSPS) is 13.3. The zero-order chi connectivity index (χ0) is 72.6. The van der Waals surface area contributed by atoms with Crippen LogP contribution in [0.25, 0.3) is 33.1 Å². The van der Waals surface area contributed by atoms with Gasteiger partial charge in [-0.3, -0.25) is 56.9 Å². The lowest BCUT2D eigenvalue weighted by molar-refractivity contribution is -0.155. The number of nitrogens with zero attached hydrogens (tertiary/aromatic N) is 7. The van der Waals surface area contributed by atoms with Gasteiger partial charge in [0.15, 0.2) is 0 Å².